The number of aromatic nitrogens is 2. The molecular weight excluding hydrogens is 383 g/mol. The number of fused-ring (bicyclic) bond motifs is 1. The van der Waals surface area contributed by atoms with Gasteiger partial charge in [0.2, 0.25) is 0 Å². The molecule has 150 valence electrons. The Hall–Kier alpha value is -3.74. The molecule has 2 aromatic heterocycles. The summed E-state index contributed by atoms with van der Waals surface area (Å²) >= 11 is 0. The topological polar surface area (TPSA) is 62.5 Å². The van der Waals surface area contributed by atoms with E-state index in [1.165, 1.54) is 12.1 Å². The van der Waals surface area contributed by atoms with E-state index in [1.807, 2.05) is 23.1 Å². The van der Waals surface area contributed by atoms with Crippen LogP contribution in [0.2, 0.25) is 0 Å². The van der Waals surface area contributed by atoms with E-state index in [2.05, 4.69) is 15.0 Å². The highest BCUT2D eigenvalue weighted by Gasteiger charge is 2.23. The standard InChI is InChI=1S/C23H19FN4O2/c24-18-7-4-16(5-8-18)22-19-15-17(6-9-20(19)26-30-22)23(29)28-13-11-27(12-14-28)21-3-1-2-10-25-21/h1-10,15H,11-14H2. The fraction of sp³-hybridized carbons (Fsp3) is 0.174. The van der Waals surface area contributed by atoms with E-state index >= 15 is 0 Å². The van der Waals surface area contributed by atoms with Gasteiger partial charge in [0.25, 0.3) is 5.91 Å². The molecule has 0 atom stereocenters. The number of halogens is 1. The van der Waals surface area contributed by atoms with Crippen LogP contribution in [-0.2, 0) is 0 Å². The van der Waals surface area contributed by atoms with Gasteiger partial charge in [0.1, 0.15) is 17.2 Å². The largest absolute Gasteiger partial charge is 0.355 e. The van der Waals surface area contributed by atoms with Gasteiger partial charge in [-0.3, -0.25) is 4.79 Å². The van der Waals surface area contributed by atoms with Crippen LogP contribution in [0.4, 0.5) is 10.2 Å². The van der Waals surface area contributed by atoms with Crippen molar-refractivity contribution in [3.63, 3.8) is 0 Å². The summed E-state index contributed by atoms with van der Waals surface area (Å²) in [6.07, 6.45) is 1.78. The summed E-state index contributed by atoms with van der Waals surface area (Å²) in [5.74, 6) is 1.12. The van der Waals surface area contributed by atoms with Gasteiger partial charge in [-0.1, -0.05) is 11.2 Å². The van der Waals surface area contributed by atoms with E-state index in [0.29, 0.717) is 35.5 Å². The van der Waals surface area contributed by atoms with Gasteiger partial charge < -0.3 is 14.3 Å². The van der Waals surface area contributed by atoms with Crippen molar-refractivity contribution in [3.05, 3.63) is 78.2 Å². The molecule has 0 saturated carbocycles. The highest BCUT2D eigenvalue weighted by molar-refractivity contribution is 6.01. The fourth-order valence-corrected chi connectivity index (χ4v) is 3.75. The highest BCUT2D eigenvalue weighted by Crippen LogP contribution is 2.30. The molecule has 0 spiro atoms. The van der Waals surface area contributed by atoms with Crippen molar-refractivity contribution in [1.82, 2.24) is 15.0 Å². The average Bonchev–Trinajstić information content (AvgIpc) is 3.23. The Kier molecular flexibility index (Phi) is 4.63. The number of carbonyl (C=O) groups is 1. The molecule has 1 saturated heterocycles. The summed E-state index contributed by atoms with van der Waals surface area (Å²) < 4.78 is 18.7. The molecule has 0 radical (unpaired) electrons. The second kappa shape index (κ2) is 7.59. The first-order valence-electron chi connectivity index (χ1n) is 9.80. The zero-order valence-corrected chi connectivity index (χ0v) is 16.2. The van der Waals surface area contributed by atoms with Gasteiger partial charge in [-0.2, -0.15) is 0 Å². The molecule has 0 aliphatic carbocycles. The van der Waals surface area contributed by atoms with Crippen LogP contribution in [0, 0.1) is 5.82 Å². The third-order valence-corrected chi connectivity index (χ3v) is 5.37. The molecule has 2 aromatic carbocycles. The minimum Gasteiger partial charge on any atom is -0.355 e. The molecule has 4 aromatic rings. The van der Waals surface area contributed by atoms with Crippen molar-refractivity contribution < 1.29 is 13.7 Å². The van der Waals surface area contributed by atoms with E-state index in [1.54, 1.807) is 36.5 Å². The molecular formula is C23H19FN4O2. The lowest BCUT2D eigenvalue weighted by Crippen LogP contribution is -2.49. The minimum absolute atomic E-state index is 0.0242. The van der Waals surface area contributed by atoms with Crippen molar-refractivity contribution in [3.8, 4) is 11.3 Å². The first-order chi connectivity index (χ1) is 14.7. The maximum atomic E-state index is 13.3. The van der Waals surface area contributed by atoms with Crippen LogP contribution in [0.1, 0.15) is 10.4 Å². The number of anilines is 1. The minimum atomic E-state index is -0.316. The number of rotatable bonds is 3. The predicted octanol–water partition coefficient (Wildman–Crippen LogP) is 3.99. The van der Waals surface area contributed by atoms with Crippen LogP contribution in [0.5, 0.6) is 0 Å². The summed E-state index contributed by atoms with van der Waals surface area (Å²) in [5.41, 5.74) is 1.96. The van der Waals surface area contributed by atoms with Gasteiger partial charge in [-0.05, 0) is 54.6 Å². The molecule has 7 heteroatoms. The third-order valence-electron chi connectivity index (χ3n) is 5.37. The Morgan fingerprint density at radius 1 is 0.967 bits per heavy atom. The van der Waals surface area contributed by atoms with Crippen LogP contribution in [-0.4, -0.2) is 47.1 Å². The molecule has 1 aliphatic rings. The number of piperazine rings is 1. The number of carbonyl (C=O) groups excluding carboxylic acids is 1. The Morgan fingerprint density at radius 2 is 1.77 bits per heavy atom. The number of hydrogen-bond acceptors (Lipinski definition) is 5. The molecule has 1 fully saturated rings. The van der Waals surface area contributed by atoms with Crippen molar-refractivity contribution in [1.29, 1.82) is 0 Å². The first kappa shape index (κ1) is 18.3. The normalized spacial score (nSPS) is 14.3. The summed E-state index contributed by atoms with van der Waals surface area (Å²) in [4.78, 5) is 21.5. The summed E-state index contributed by atoms with van der Waals surface area (Å²) in [7, 11) is 0. The number of benzene rings is 2. The second-order valence-electron chi connectivity index (χ2n) is 7.22. The smallest absolute Gasteiger partial charge is 0.254 e. The number of pyridine rings is 1. The maximum absolute atomic E-state index is 13.3. The Labute approximate surface area is 172 Å². The highest BCUT2D eigenvalue weighted by atomic mass is 19.1. The molecule has 0 bridgehead atoms. The van der Waals surface area contributed by atoms with Gasteiger partial charge in [-0.25, -0.2) is 9.37 Å². The van der Waals surface area contributed by atoms with Gasteiger partial charge >= 0.3 is 0 Å². The SMILES string of the molecule is O=C(c1ccc2noc(-c3ccc(F)cc3)c2c1)N1CCN(c2ccccn2)CC1. The van der Waals surface area contributed by atoms with Gasteiger partial charge in [0.15, 0.2) is 5.76 Å². The lowest BCUT2D eigenvalue weighted by molar-refractivity contribution is 0.0746. The molecule has 0 N–H and O–H groups in total. The molecule has 1 amide bonds. The summed E-state index contributed by atoms with van der Waals surface area (Å²) in [6.45, 7) is 2.72. The third kappa shape index (κ3) is 3.39. The van der Waals surface area contributed by atoms with Crippen molar-refractivity contribution >= 4 is 22.6 Å². The van der Waals surface area contributed by atoms with E-state index in [9.17, 15) is 9.18 Å². The Bertz CT molecular complexity index is 1180. The molecule has 1 aliphatic heterocycles. The number of nitrogens with zero attached hydrogens (tertiary/aromatic N) is 4. The zero-order valence-electron chi connectivity index (χ0n) is 16.2. The molecule has 0 unspecified atom stereocenters. The Morgan fingerprint density at radius 3 is 2.50 bits per heavy atom. The summed E-state index contributed by atoms with van der Waals surface area (Å²) in [5, 5.41) is 4.80. The lowest BCUT2D eigenvalue weighted by Gasteiger charge is -2.35. The maximum Gasteiger partial charge on any atom is 0.254 e. The predicted molar refractivity (Wildman–Crippen MR) is 112 cm³/mol. The Balaban J connectivity index is 1.36. The monoisotopic (exact) mass is 402 g/mol. The quantitative estimate of drug-likeness (QED) is 0.519. The van der Waals surface area contributed by atoms with Crippen molar-refractivity contribution in [2.75, 3.05) is 31.1 Å². The van der Waals surface area contributed by atoms with Gasteiger partial charge in [-0.15, -0.1) is 0 Å². The number of hydrogen-bond donors (Lipinski definition) is 0. The van der Waals surface area contributed by atoms with Crippen LogP contribution in [0.15, 0.2) is 71.4 Å². The first-order valence-corrected chi connectivity index (χ1v) is 9.80. The van der Waals surface area contributed by atoms with E-state index in [0.717, 1.165) is 24.3 Å². The van der Waals surface area contributed by atoms with E-state index in [-0.39, 0.29) is 11.7 Å². The number of amides is 1. The van der Waals surface area contributed by atoms with Gasteiger partial charge in [0, 0.05) is 43.5 Å². The molecule has 6 nitrogen and oxygen atoms in total. The summed E-state index contributed by atoms with van der Waals surface area (Å²) in [6, 6.07) is 17.2. The van der Waals surface area contributed by atoms with Crippen molar-refractivity contribution in [2.24, 2.45) is 0 Å². The second-order valence-corrected chi connectivity index (χ2v) is 7.22. The molecule has 30 heavy (non-hydrogen) atoms. The molecule has 3 heterocycles. The van der Waals surface area contributed by atoms with Crippen LogP contribution >= 0.6 is 0 Å². The average molecular weight is 402 g/mol. The zero-order chi connectivity index (χ0) is 20.5. The molecule has 5 rings (SSSR count). The van der Waals surface area contributed by atoms with Crippen LogP contribution in [0.3, 0.4) is 0 Å². The van der Waals surface area contributed by atoms with Crippen LogP contribution in [0.25, 0.3) is 22.2 Å². The van der Waals surface area contributed by atoms with E-state index < -0.39 is 0 Å². The van der Waals surface area contributed by atoms with E-state index in [4.69, 9.17) is 4.52 Å². The van der Waals surface area contributed by atoms with Crippen molar-refractivity contribution in [2.45, 2.75) is 0 Å². The lowest BCUT2D eigenvalue weighted by atomic mass is 10.1. The van der Waals surface area contributed by atoms with Gasteiger partial charge in [0.05, 0.1) is 5.39 Å². The van der Waals surface area contributed by atoms with Crippen LogP contribution < -0.4 is 4.90 Å². The fourth-order valence-electron chi connectivity index (χ4n) is 3.75.